The van der Waals surface area contributed by atoms with Crippen molar-refractivity contribution < 1.29 is 26.2 Å². The number of hydrogen-bond acceptors (Lipinski definition) is 1. The van der Waals surface area contributed by atoms with E-state index in [0.717, 1.165) is 29.9 Å². The minimum Gasteiger partial charge on any atom is -1.00 e. The van der Waals surface area contributed by atoms with Crippen LogP contribution in [0.4, 0.5) is 0 Å². The Bertz CT molecular complexity index is 620. The Labute approximate surface area is 143 Å². The third kappa shape index (κ3) is 3.90. The first kappa shape index (κ1) is 17.0. The summed E-state index contributed by atoms with van der Waals surface area (Å²) in [5.74, 6) is 0.977. The Morgan fingerprint density at radius 3 is 2.50 bits per heavy atom. The van der Waals surface area contributed by atoms with Crippen LogP contribution in [-0.2, 0) is 0 Å². The van der Waals surface area contributed by atoms with Gasteiger partial charge in [-0.25, -0.2) is 0 Å². The number of hydrogen-bond donors (Lipinski definition) is 0. The molecule has 1 aliphatic rings. The van der Waals surface area contributed by atoms with Gasteiger partial charge in [0.2, 0.25) is 0 Å². The van der Waals surface area contributed by atoms with Gasteiger partial charge in [0.05, 0.1) is 19.6 Å². The molecule has 1 saturated heterocycles. The van der Waals surface area contributed by atoms with Crippen LogP contribution in [0.3, 0.4) is 0 Å². The molecule has 0 aromatic heterocycles. The first-order chi connectivity index (χ1) is 10.3. The molecule has 0 aliphatic carbocycles. The lowest BCUT2D eigenvalue weighted by molar-refractivity contribution is -0.911. The van der Waals surface area contributed by atoms with Gasteiger partial charge < -0.3 is 26.2 Å². The summed E-state index contributed by atoms with van der Waals surface area (Å²) in [4.78, 5) is 0. The van der Waals surface area contributed by atoms with Crippen LogP contribution in [0.15, 0.2) is 55.1 Å². The molecule has 1 fully saturated rings. The Morgan fingerprint density at radius 1 is 1.05 bits per heavy atom. The third-order valence-electron chi connectivity index (χ3n) is 4.59. The number of fused-ring (bicyclic) bond motifs is 1. The summed E-state index contributed by atoms with van der Waals surface area (Å²) in [6.07, 6.45) is 4.73. The van der Waals surface area contributed by atoms with Gasteiger partial charge in [0.1, 0.15) is 18.9 Å². The van der Waals surface area contributed by atoms with Crippen LogP contribution in [0.2, 0.25) is 0 Å². The molecule has 0 N–H and O–H groups in total. The first-order valence-corrected chi connectivity index (χ1v) is 7.89. The van der Waals surface area contributed by atoms with Crippen molar-refractivity contribution in [2.75, 3.05) is 32.8 Å². The van der Waals surface area contributed by atoms with E-state index in [-0.39, 0.29) is 17.0 Å². The molecule has 2 aromatic rings. The summed E-state index contributed by atoms with van der Waals surface area (Å²) < 4.78 is 7.15. The van der Waals surface area contributed by atoms with Gasteiger partial charge in [-0.05, 0) is 29.0 Å². The lowest BCUT2D eigenvalue weighted by Gasteiger charge is -2.33. The maximum absolute atomic E-state index is 6.00. The van der Waals surface area contributed by atoms with Crippen molar-refractivity contribution in [2.24, 2.45) is 0 Å². The molecule has 1 heterocycles. The van der Waals surface area contributed by atoms with E-state index in [9.17, 15) is 0 Å². The molecule has 0 bridgehead atoms. The fourth-order valence-corrected chi connectivity index (χ4v) is 3.39. The lowest BCUT2D eigenvalue weighted by atomic mass is 10.1. The maximum atomic E-state index is 6.00. The monoisotopic (exact) mass is 361 g/mol. The highest BCUT2D eigenvalue weighted by atomic mass is 79.9. The zero-order chi connectivity index (χ0) is 14.5. The molecule has 0 spiro atoms. The van der Waals surface area contributed by atoms with Gasteiger partial charge in [0, 0.05) is 12.8 Å². The number of nitrogens with zero attached hydrogens (tertiary/aromatic N) is 1. The van der Waals surface area contributed by atoms with Crippen molar-refractivity contribution in [3.8, 4) is 5.75 Å². The van der Waals surface area contributed by atoms with Crippen molar-refractivity contribution in [1.82, 2.24) is 0 Å². The summed E-state index contributed by atoms with van der Waals surface area (Å²) in [6, 6.07) is 14.7. The number of rotatable bonds is 6. The molecular formula is C19H24BrNO. The second-order valence-electron chi connectivity index (χ2n) is 6.05. The third-order valence-corrected chi connectivity index (χ3v) is 4.59. The van der Waals surface area contributed by atoms with E-state index in [1.165, 1.54) is 36.7 Å². The Morgan fingerprint density at radius 2 is 1.77 bits per heavy atom. The van der Waals surface area contributed by atoms with Crippen LogP contribution in [0, 0.1) is 0 Å². The average Bonchev–Trinajstić information content (AvgIpc) is 2.96. The number of likely N-dealkylation sites (tertiary alicyclic amines) is 1. The Balaban J connectivity index is 0.00000176. The van der Waals surface area contributed by atoms with Gasteiger partial charge in [-0.15, -0.1) is 0 Å². The second kappa shape index (κ2) is 7.80. The zero-order valence-electron chi connectivity index (χ0n) is 13.0. The molecule has 22 heavy (non-hydrogen) atoms. The molecule has 0 radical (unpaired) electrons. The second-order valence-corrected chi connectivity index (χ2v) is 6.05. The lowest BCUT2D eigenvalue weighted by Crippen LogP contribution is -3.00. The van der Waals surface area contributed by atoms with E-state index in [2.05, 4.69) is 55.1 Å². The van der Waals surface area contributed by atoms with Crippen molar-refractivity contribution in [2.45, 2.75) is 12.8 Å². The van der Waals surface area contributed by atoms with Crippen molar-refractivity contribution in [3.05, 3.63) is 55.1 Å². The molecule has 2 aromatic carbocycles. The van der Waals surface area contributed by atoms with Gasteiger partial charge in [0.25, 0.3) is 0 Å². The predicted molar refractivity (Wildman–Crippen MR) is 88.6 cm³/mol. The molecule has 0 saturated carbocycles. The Hall–Kier alpha value is -1.32. The average molecular weight is 362 g/mol. The predicted octanol–water partition coefficient (Wildman–Crippen LogP) is 1.02. The zero-order valence-corrected chi connectivity index (χ0v) is 14.6. The van der Waals surface area contributed by atoms with Crippen LogP contribution in [-0.4, -0.2) is 37.3 Å². The number of halogens is 1. The van der Waals surface area contributed by atoms with Crippen LogP contribution in [0.1, 0.15) is 12.8 Å². The number of benzene rings is 2. The van der Waals surface area contributed by atoms with Crippen LogP contribution in [0.25, 0.3) is 10.8 Å². The Kier molecular flexibility index (Phi) is 6.04. The summed E-state index contributed by atoms with van der Waals surface area (Å²) in [7, 11) is 0. The van der Waals surface area contributed by atoms with E-state index < -0.39 is 0 Å². The molecule has 3 rings (SSSR count). The van der Waals surface area contributed by atoms with Crippen molar-refractivity contribution >= 4 is 10.8 Å². The summed E-state index contributed by atoms with van der Waals surface area (Å²) in [5, 5.41) is 2.51. The SMILES string of the molecule is C=CC[N+]1(CCOc2ccc3ccccc3c2)CCCC1.[Br-]. The molecule has 0 atom stereocenters. The molecular weight excluding hydrogens is 338 g/mol. The normalized spacial score (nSPS) is 16.2. The highest BCUT2D eigenvalue weighted by Gasteiger charge is 2.30. The van der Waals surface area contributed by atoms with Gasteiger partial charge in [0.15, 0.2) is 0 Å². The highest BCUT2D eigenvalue weighted by molar-refractivity contribution is 5.83. The van der Waals surface area contributed by atoms with E-state index in [4.69, 9.17) is 4.74 Å². The minimum absolute atomic E-state index is 0. The topological polar surface area (TPSA) is 9.23 Å². The summed E-state index contributed by atoms with van der Waals surface area (Å²) in [6.45, 7) is 9.39. The van der Waals surface area contributed by atoms with Gasteiger partial charge >= 0.3 is 0 Å². The summed E-state index contributed by atoms with van der Waals surface area (Å²) in [5.41, 5.74) is 0. The van der Waals surface area contributed by atoms with E-state index in [1.54, 1.807) is 0 Å². The molecule has 0 amide bonds. The number of ether oxygens (including phenoxy) is 1. The highest BCUT2D eigenvalue weighted by Crippen LogP contribution is 2.22. The van der Waals surface area contributed by atoms with Crippen molar-refractivity contribution in [1.29, 1.82) is 0 Å². The largest absolute Gasteiger partial charge is 1.00 e. The molecule has 0 unspecified atom stereocenters. The quantitative estimate of drug-likeness (QED) is 0.551. The van der Waals surface area contributed by atoms with Crippen LogP contribution < -0.4 is 21.7 Å². The minimum atomic E-state index is 0. The fraction of sp³-hybridized carbons (Fsp3) is 0.368. The van der Waals surface area contributed by atoms with Gasteiger partial charge in [-0.1, -0.05) is 36.9 Å². The maximum Gasteiger partial charge on any atom is 0.137 e. The van der Waals surface area contributed by atoms with Gasteiger partial charge in [-0.2, -0.15) is 0 Å². The first-order valence-electron chi connectivity index (χ1n) is 7.89. The van der Waals surface area contributed by atoms with Crippen LogP contribution >= 0.6 is 0 Å². The molecule has 3 heteroatoms. The van der Waals surface area contributed by atoms with E-state index in [1.807, 2.05) is 0 Å². The summed E-state index contributed by atoms with van der Waals surface area (Å²) >= 11 is 0. The fourth-order valence-electron chi connectivity index (χ4n) is 3.39. The number of quaternary nitrogens is 1. The molecule has 1 aliphatic heterocycles. The van der Waals surface area contributed by atoms with Crippen molar-refractivity contribution in [3.63, 3.8) is 0 Å². The van der Waals surface area contributed by atoms with E-state index >= 15 is 0 Å². The van der Waals surface area contributed by atoms with E-state index in [0.29, 0.717) is 0 Å². The molecule has 118 valence electrons. The standard InChI is InChI=1S/C19H24NO.BrH/c1-2-11-20(12-5-6-13-20)14-15-21-19-10-9-17-7-3-4-8-18(17)16-19;/h2-4,7-10,16H,1,5-6,11-15H2;1H/q+1;/p-1. The molecule has 2 nitrogen and oxygen atoms in total. The van der Waals surface area contributed by atoms with Gasteiger partial charge in [-0.3, -0.25) is 0 Å². The smallest absolute Gasteiger partial charge is 0.137 e. The van der Waals surface area contributed by atoms with Crippen LogP contribution in [0.5, 0.6) is 5.75 Å².